The Morgan fingerprint density at radius 3 is 2.85 bits per heavy atom. The number of rotatable bonds is 7. The molecule has 1 rings (SSSR count). The van der Waals surface area contributed by atoms with Gasteiger partial charge in [-0.05, 0) is 25.5 Å². The van der Waals surface area contributed by atoms with E-state index >= 15 is 0 Å². The number of hydrogen-bond donors (Lipinski definition) is 3. The summed E-state index contributed by atoms with van der Waals surface area (Å²) < 4.78 is 5.41. The normalized spacial score (nSPS) is 11.8. The van der Waals surface area contributed by atoms with Gasteiger partial charge < -0.3 is 20.5 Å². The van der Waals surface area contributed by atoms with Crippen molar-refractivity contribution in [3.63, 3.8) is 0 Å². The van der Waals surface area contributed by atoms with Gasteiger partial charge in [0.05, 0.1) is 18.4 Å². The van der Waals surface area contributed by atoms with Crippen LogP contribution in [0.25, 0.3) is 0 Å². The van der Waals surface area contributed by atoms with E-state index in [1.54, 1.807) is 18.2 Å². The molecular weight excluding hydrogens is 280 g/mol. The molecule has 1 aromatic rings. The predicted octanol–water partition coefficient (Wildman–Crippen LogP) is 3.02. The van der Waals surface area contributed by atoms with E-state index in [0.717, 1.165) is 6.42 Å². The topological polar surface area (TPSA) is 70.6 Å². The molecule has 3 N–H and O–H groups in total. The number of anilines is 1. The number of aliphatic hydroxyl groups is 1. The lowest BCUT2D eigenvalue weighted by atomic mass is 10.2. The molecule has 2 amide bonds. The zero-order valence-corrected chi connectivity index (χ0v) is 12.5. The third-order valence-corrected chi connectivity index (χ3v) is 2.85. The number of nitrogens with one attached hydrogen (secondary N) is 2. The molecule has 0 heterocycles. The second kappa shape index (κ2) is 8.66. The first-order valence-electron chi connectivity index (χ1n) is 6.72. The maximum Gasteiger partial charge on any atom is 0.319 e. The number of carbonyl (C=O) groups is 1. The first-order valence-corrected chi connectivity index (χ1v) is 7.09. The van der Waals surface area contributed by atoms with Gasteiger partial charge in [0.25, 0.3) is 0 Å². The molecule has 20 heavy (non-hydrogen) atoms. The maximum absolute atomic E-state index is 11.7. The van der Waals surface area contributed by atoms with Crippen LogP contribution in [0.2, 0.25) is 5.02 Å². The Morgan fingerprint density at radius 2 is 2.20 bits per heavy atom. The summed E-state index contributed by atoms with van der Waals surface area (Å²) in [5.74, 6) is 0.518. The average Bonchev–Trinajstić information content (AvgIpc) is 2.40. The second-order valence-corrected chi connectivity index (χ2v) is 4.79. The Bertz CT molecular complexity index is 440. The second-order valence-electron chi connectivity index (χ2n) is 4.35. The smallest absolute Gasteiger partial charge is 0.319 e. The van der Waals surface area contributed by atoms with Crippen molar-refractivity contribution in [3.8, 4) is 5.75 Å². The molecule has 1 unspecified atom stereocenters. The number of benzene rings is 1. The summed E-state index contributed by atoms with van der Waals surface area (Å²) in [5, 5.41) is 15.4. The minimum absolute atomic E-state index is 0.219. The van der Waals surface area contributed by atoms with E-state index in [-0.39, 0.29) is 12.6 Å². The van der Waals surface area contributed by atoms with E-state index in [4.69, 9.17) is 16.3 Å². The molecule has 0 aliphatic carbocycles. The highest BCUT2D eigenvalue weighted by Gasteiger charge is 2.10. The van der Waals surface area contributed by atoms with Crippen LogP contribution in [-0.4, -0.2) is 30.4 Å². The average molecular weight is 301 g/mol. The zero-order valence-electron chi connectivity index (χ0n) is 11.8. The van der Waals surface area contributed by atoms with Crippen molar-refractivity contribution in [1.29, 1.82) is 0 Å². The molecule has 112 valence electrons. The summed E-state index contributed by atoms with van der Waals surface area (Å²) in [7, 11) is 0. The molecule has 1 atom stereocenters. The molecule has 0 radical (unpaired) electrons. The summed E-state index contributed by atoms with van der Waals surface area (Å²) in [4.78, 5) is 11.7. The standard InChI is InChI=1S/C14H21ClN2O3/c1-3-5-11(18)9-16-14(19)17-12-7-6-10(15)8-13(12)20-4-2/h6-8,11,18H,3-5,9H2,1-2H3,(H2,16,17,19). The zero-order chi connectivity index (χ0) is 15.0. The maximum atomic E-state index is 11.7. The number of amides is 2. The highest BCUT2D eigenvalue weighted by molar-refractivity contribution is 6.30. The molecular formula is C14H21ClN2O3. The van der Waals surface area contributed by atoms with Crippen molar-refractivity contribution < 1.29 is 14.6 Å². The Hall–Kier alpha value is -1.46. The molecule has 6 heteroatoms. The molecule has 0 aliphatic rings. The fourth-order valence-electron chi connectivity index (χ4n) is 1.69. The molecule has 0 aliphatic heterocycles. The summed E-state index contributed by atoms with van der Waals surface area (Å²) in [5.41, 5.74) is 0.540. The van der Waals surface area contributed by atoms with Crippen LogP contribution in [0.3, 0.4) is 0 Å². The number of ether oxygens (including phenoxy) is 1. The van der Waals surface area contributed by atoms with Gasteiger partial charge in [0, 0.05) is 17.6 Å². The summed E-state index contributed by atoms with van der Waals surface area (Å²) in [6, 6.07) is 4.61. The van der Waals surface area contributed by atoms with Gasteiger partial charge in [0.2, 0.25) is 0 Å². The fourth-order valence-corrected chi connectivity index (χ4v) is 1.85. The van der Waals surface area contributed by atoms with Crippen LogP contribution in [0.4, 0.5) is 10.5 Å². The van der Waals surface area contributed by atoms with Crippen LogP contribution in [-0.2, 0) is 0 Å². The minimum Gasteiger partial charge on any atom is -0.492 e. The minimum atomic E-state index is -0.526. The van der Waals surface area contributed by atoms with E-state index in [1.165, 1.54) is 0 Å². The van der Waals surface area contributed by atoms with Gasteiger partial charge in [-0.15, -0.1) is 0 Å². The van der Waals surface area contributed by atoms with Gasteiger partial charge in [-0.1, -0.05) is 24.9 Å². The Balaban J connectivity index is 2.57. The van der Waals surface area contributed by atoms with Crippen LogP contribution in [0.5, 0.6) is 5.75 Å². The van der Waals surface area contributed by atoms with E-state index in [1.807, 2.05) is 13.8 Å². The lowest BCUT2D eigenvalue weighted by Crippen LogP contribution is -2.35. The summed E-state index contributed by atoms with van der Waals surface area (Å²) in [6.07, 6.45) is 1.00. The first-order chi connectivity index (χ1) is 9.56. The van der Waals surface area contributed by atoms with Gasteiger partial charge in [0.1, 0.15) is 5.75 Å². The number of urea groups is 1. The first kappa shape index (κ1) is 16.6. The monoisotopic (exact) mass is 300 g/mol. The largest absolute Gasteiger partial charge is 0.492 e. The fraction of sp³-hybridized carbons (Fsp3) is 0.500. The van der Waals surface area contributed by atoms with Crippen molar-refractivity contribution in [2.24, 2.45) is 0 Å². The van der Waals surface area contributed by atoms with Crippen molar-refractivity contribution in [3.05, 3.63) is 23.2 Å². The Kier molecular flexibility index (Phi) is 7.18. The van der Waals surface area contributed by atoms with E-state index in [0.29, 0.717) is 29.5 Å². The molecule has 1 aromatic carbocycles. The lowest BCUT2D eigenvalue weighted by Gasteiger charge is -2.14. The number of hydrogen-bond acceptors (Lipinski definition) is 3. The van der Waals surface area contributed by atoms with Crippen LogP contribution in [0.1, 0.15) is 26.7 Å². The number of aliphatic hydroxyl groups excluding tert-OH is 1. The van der Waals surface area contributed by atoms with Crippen LogP contribution in [0.15, 0.2) is 18.2 Å². The number of halogens is 1. The van der Waals surface area contributed by atoms with Crippen molar-refractivity contribution in [2.75, 3.05) is 18.5 Å². The van der Waals surface area contributed by atoms with Gasteiger partial charge >= 0.3 is 6.03 Å². The Morgan fingerprint density at radius 1 is 1.45 bits per heavy atom. The molecule has 0 bridgehead atoms. The third kappa shape index (κ3) is 5.67. The highest BCUT2D eigenvalue weighted by Crippen LogP contribution is 2.28. The summed E-state index contributed by atoms with van der Waals surface area (Å²) >= 11 is 5.89. The lowest BCUT2D eigenvalue weighted by molar-refractivity contribution is 0.162. The van der Waals surface area contributed by atoms with Gasteiger partial charge in [-0.2, -0.15) is 0 Å². The molecule has 0 saturated carbocycles. The predicted molar refractivity (Wildman–Crippen MR) is 80.6 cm³/mol. The molecule has 0 spiro atoms. The van der Waals surface area contributed by atoms with Crippen molar-refractivity contribution >= 4 is 23.3 Å². The van der Waals surface area contributed by atoms with E-state index in [2.05, 4.69) is 10.6 Å². The Labute approximate surface area is 124 Å². The van der Waals surface area contributed by atoms with Crippen molar-refractivity contribution in [1.82, 2.24) is 5.32 Å². The molecule has 0 saturated heterocycles. The van der Waals surface area contributed by atoms with Gasteiger partial charge in [-0.25, -0.2) is 4.79 Å². The highest BCUT2D eigenvalue weighted by atomic mass is 35.5. The van der Waals surface area contributed by atoms with Crippen LogP contribution >= 0.6 is 11.6 Å². The van der Waals surface area contributed by atoms with Gasteiger partial charge in [-0.3, -0.25) is 0 Å². The summed E-state index contributed by atoms with van der Waals surface area (Å²) in [6.45, 7) is 4.53. The van der Waals surface area contributed by atoms with Crippen LogP contribution < -0.4 is 15.4 Å². The van der Waals surface area contributed by atoms with E-state index in [9.17, 15) is 9.90 Å². The molecule has 0 aromatic heterocycles. The SMILES string of the molecule is CCCC(O)CNC(=O)Nc1ccc(Cl)cc1OCC. The molecule has 5 nitrogen and oxygen atoms in total. The third-order valence-electron chi connectivity index (χ3n) is 2.61. The van der Waals surface area contributed by atoms with Crippen LogP contribution in [0, 0.1) is 0 Å². The number of carbonyl (C=O) groups excluding carboxylic acids is 1. The molecule has 0 fully saturated rings. The quantitative estimate of drug-likeness (QED) is 0.725. The van der Waals surface area contributed by atoms with E-state index < -0.39 is 6.10 Å². The van der Waals surface area contributed by atoms with Crippen molar-refractivity contribution in [2.45, 2.75) is 32.8 Å². The van der Waals surface area contributed by atoms with Gasteiger partial charge in [0.15, 0.2) is 0 Å².